The van der Waals surface area contributed by atoms with Crippen molar-refractivity contribution in [1.29, 1.82) is 0 Å². The van der Waals surface area contributed by atoms with Gasteiger partial charge in [0.05, 0.1) is 6.10 Å². The Bertz CT molecular complexity index is 219. The van der Waals surface area contributed by atoms with Gasteiger partial charge in [0.1, 0.15) is 6.61 Å². The first-order chi connectivity index (χ1) is 7.24. The number of rotatable bonds is 5. The molecule has 1 fully saturated rings. The summed E-state index contributed by atoms with van der Waals surface area (Å²) in [6, 6.07) is 0.0888. The summed E-state index contributed by atoms with van der Waals surface area (Å²) in [5, 5.41) is 2.66. The van der Waals surface area contributed by atoms with E-state index in [0.29, 0.717) is 6.54 Å². The van der Waals surface area contributed by atoms with Crippen LogP contribution in [0, 0.1) is 0 Å². The van der Waals surface area contributed by atoms with E-state index in [1.165, 1.54) is 6.42 Å². The van der Waals surface area contributed by atoms with Gasteiger partial charge in [0.15, 0.2) is 0 Å². The van der Waals surface area contributed by atoms with Crippen LogP contribution in [0.3, 0.4) is 0 Å². The lowest BCUT2D eigenvalue weighted by Gasteiger charge is -2.28. The summed E-state index contributed by atoms with van der Waals surface area (Å²) >= 11 is 0. The molecule has 0 aromatic heterocycles. The third-order valence-corrected chi connectivity index (χ3v) is 2.63. The molecule has 15 heavy (non-hydrogen) atoms. The maximum absolute atomic E-state index is 11.2. The standard InChI is InChI=1S/C11H20N2O2/c1-2-7-13-11(14)8-15-10-6-4-3-5-9(10)12/h2,9-10H,1,3-8,12H2,(H,13,14). The van der Waals surface area contributed by atoms with Crippen LogP contribution in [0.2, 0.25) is 0 Å². The molecular formula is C11H20N2O2. The number of carbonyl (C=O) groups is 1. The maximum Gasteiger partial charge on any atom is 0.246 e. The molecular weight excluding hydrogens is 192 g/mol. The van der Waals surface area contributed by atoms with E-state index < -0.39 is 0 Å². The summed E-state index contributed by atoms with van der Waals surface area (Å²) in [5.41, 5.74) is 5.89. The molecule has 2 unspecified atom stereocenters. The molecule has 0 aromatic rings. The number of hydrogen-bond acceptors (Lipinski definition) is 3. The van der Waals surface area contributed by atoms with Crippen molar-refractivity contribution >= 4 is 5.91 Å². The number of nitrogens with two attached hydrogens (primary N) is 1. The quantitative estimate of drug-likeness (QED) is 0.655. The van der Waals surface area contributed by atoms with Crippen LogP contribution in [0.5, 0.6) is 0 Å². The Balaban J connectivity index is 2.17. The van der Waals surface area contributed by atoms with Crippen LogP contribution in [0.4, 0.5) is 0 Å². The second-order valence-electron chi connectivity index (χ2n) is 3.89. The normalized spacial score (nSPS) is 25.9. The highest BCUT2D eigenvalue weighted by atomic mass is 16.5. The van der Waals surface area contributed by atoms with Gasteiger partial charge >= 0.3 is 0 Å². The van der Waals surface area contributed by atoms with Crippen LogP contribution in [0.15, 0.2) is 12.7 Å². The molecule has 1 saturated carbocycles. The predicted molar refractivity (Wildman–Crippen MR) is 59.4 cm³/mol. The van der Waals surface area contributed by atoms with Crippen LogP contribution in [-0.4, -0.2) is 31.2 Å². The molecule has 1 aliphatic rings. The van der Waals surface area contributed by atoms with E-state index in [-0.39, 0.29) is 24.7 Å². The summed E-state index contributed by atoms with van der Waals surface area (Å²) in [5.74, 6) is -0.104. The van der Waals surface area contributed by atoms with Crippen LogP contribution in [0.1, 0.15) is 25.7 Å². The zero-order valence-electron chi connectivity index (χ0n) is 9.08. The highest BCUT2D eigenvalue weighted by Gasteiger charge is 2.22. The molecule has 0 saturated heterocycles. The van der Waals surface area contributed by atoms with E-state index in [2.05, 4.69) is 11.9 Å². The first-order valence-electron chi connectivity index (χ1n) is 5.49. The molecule has 2 atom stereocenters. The Morgan fingerprint density at radius 2 is 2.27 bits per heavy atom. The molecule has 0 spiro atoms. The van der Waals surface area contributed by atoms with Gasteiger partial charge in [-0.3, -0.25) is 4.79 Å². The number of hydrogen-bond donors (Lipinski definition) is 2. The topological polar surface area (TPSA) is 64.3 Å². The molecule has 1 aliphatic carbocycles. The monoisotopic (exact) mass is 212 g/mol. The van der Waals surface area contributed by atoms with E-state index in [1.807, 2.05) is 0 Å². The van der Waals surface area contributed by atoms with Crippen LogP contribution in [0.25, 0.3) is 0 Å². The van der Waals surface area contributed by atoms with Gasteiger partial charge in [0.2, 0.25) is 5.91 Å². The highest BCUT2D eigenvalue weighted by Crippen LogP contribution is 2.19. The SMILES string of the molecule is C=CCNC(=O)COC1CCCCC1N. The van der Waals surface area contributed by atoms with Gasteiger partial charge in [-0.1, -0.05) is 18.9 Å². The molecule has 3 N–H and O–H groups in total. The fourth-order valence-electron chi connectivity index (χ4n) is 1.75. The van der Waals surface area contributed by atoms with Crippen molar-refractivity contribution in [3.8, 4) is 0 Å². The molecule has 0 aliphatic heterocycles. The van der Waals surface area contributed by atoms with Gasteiger partial charge < -0.3 is 15.8 Å². The first kappa shape index (κ1) is 12.2. The summed E-state index contributed by atoms with van der Waals surface area (Å²) in [6.45, 7) is 4.11. The van der Waals surface area contributed by atoms with Gasteiger partial charge in [-0.25, -0.2) is 0 Å². The molecule has 86 valence electrons. The molecule has 4 heteroatoms. The zero-order chi connectivity index (χ0) is 11.1. The Morgan fingerprint density at radius 1 is 1.53 bits per heavy atom. The molecule has 0 aromatic carbocycles. The van der Waals surface area contributed by atoms with Gasteiger partial charge in [0.25, 0.3) is 0 Å². The van der Waals surface area contributed by atoms with Gasteiger partial charge in [-0.15, -0.1) is 6.58 Å². The molecule has 1 amide bonds. The van der Waals surface area contributed by atoms with E-state index in [9.17, 15) is 4.79 Å². The molecule has 4 nitrogen and oxygen atoms in total. The summed E-state index contributed by atoms with van der Waals surface area (Å²) < 4.78 is 5.48. The Morgan fingerprint density at radius 3 is 2.93 bits per heavy atom. The molecule has 0 bridgehead atoms. The first-order valence-corrected chi connectivity index (χ1v) is 5.49. The summed E-state index contributed by atoms with van der Waals surface area (Å²) in [4.78, 5) is 11.2. The minimum atomic E-state index is -0.104. The Hall–Kier alpha value is -0.870. The van der Waals surface area contributed by atoms with E-state index >= 15 is 0 Å². The summed E-state index contributed by atoms with van der Waals surface area (Å²) in [6.07, 6.45) is 5.98. The Labute approximate surface area is 90.9 Å². The third-order valence-electron chi connectivity index (χ3n) is 2.63. The van der Waals surface area contributed by atoms with Crippen LogP contribution >= 0.6 is 0 Å². The van der Waals surface area contributed by atoms with Crippen molar-refractivity contribution in [3.63, 3.8) is 0 Å². The molecule has 1 rings (SSSR count). The van der Waals surface area contributed by atoms with Crippen molar-refractivity contribution in [1.82, 2.24) is 5.32 Å². The molecule has 0 heterocycles. The van der Waals surface area contributed by atoms with Gasteiger partial charge in [-0.05, 0) is 12.8 Å². The molecule has 0 radical (unpaired) electrons. The van der Waals surface area contributed by atoms with Crippen molar-refractivity contribution in [2.45, 2.75) is 37.8 Å². The minimum Gasteiger partial charge on any atom is -0.367 e. The van der Waals surface area contributed by atoms with Gasteiger partial charge in [0, 0.05) is 12.6 Å². The Kier molecular flexibility index (Phi) is 5.36. The highest BCUT2D eigenvalue weighted by molar-refractivity contribution is 5.77. The van der Waals surface area contributed by atoms with E-state index in [4.69, 9.17) is 10.5 Å². The van der Waals surface area contributed by atoms with Crippen molar-refractivity contribution in [2.24, 2.45) is 5.73 Å². The van der Waals surface area contributed by atoms with Crippen LogP contribution < -0.4 is 11.1 Å². The fourth-order valence-corrected chi connectivity index (χ4v) is 1.75. The summed E-state index contributed by atoms with van der Waals surface area (Å²) in [7, 11) is 0. The lowest BCUT2D eigenvalue weighted by Crippen LogP contribution is -2.41. The van der Waals surface area contributed by atoms with Crippen molar-refractivity contribution in [3.05, 3.63) is 12.7 Å². The second-order valence-corrected chi connectivity index (χ2v) is 3.89. The average molecular weight is 212 g/mol. The largest absolute Gasteiger partial charge is 0.367 e. The second kappa shape index (κ2) is 6.58. The van der Waals surface area contributed by atoms with Crippen molar-refractivity contribution in [2.75, 3.05) is 13.2 Å². The lowest BCUT2D eigenvalue weighted by atomic mass is 9.93. The minimum absolute atomic E-state index is 0.0493. The third kappa shape index (κ3) is 4.44. The number of nitrogens with one attached hydrogen (secondary N) is 1. The van der Waals surface area contributed by atoms with Crippen LogP contribution in [-0.2, 0) is 9.53 Å². The number of carbonyl (C=O) groups excluding carboxylic acids is 1. The zero-order valence-corrected chi connectivity index (χ0v) is 9.08. The smallest absolute Gasteiger partial charge is 0.246 e. The number of ether oxygens (including phenoxy) is 1. The average Bonchev–Trinajstić information content (AvgIpc) is 2.25. The fraction of sp³-hybridized carbons (Fsp3) is 0.727. The van der Waals surface area contributed by atoms with E-state index in [0.717, 1.165) is 19.3 Å². The lowest BCUT2D eigenvalue weighted by molar-refractivity contribution is -0.128. The van der Waals surface area contributed by atoms with Gasteiger partial charge in [-0.2, -0.15) is 0 Å². The number of amides is 1. The van der Waals surface area contributed by atoms with E-state index in [1.54, 1.807) is 6.08 Å². The predicted octanol–water partition coefficient (Wildman–Crippen LogP) is 0.575. The maximum atomic E-state index is 11.2. The van der Waals surface area contributed by atoms with Crippen molar-refractivity contribution < 1.29 is 9.53 Å².